The van der Waals surface area contributed by atoms with Crippen LogP contribution in [-0.4, -0.2) is 28.9 Å². The lowest BCUT2D eigenvalue weighted by molar-refractivity contribution is 0.577. The van der Waals surface area contributed by atoms with Crippen LogP contribution in [0.2, 0.25) is 48.4 Å². The third kappa shape index (κ3) is 17.9. The minimum atomic E-state index is -1.12. The number of nitrogens with zero attached hydrogens (tertiary/aromatic N) is 1. The Kier molecular flexibility index (Phi) is 24.6. The van der Waals surface area contributed by atoms with Crippen LogP contribution in [0.4, 0.5) is 0 Å². The number of rotatable bonds is 26. The smallest absolute Gasteiger partial charge is 0.0576 e. The SMILES string of the molecule is C/C=C/C[Si](CCC)(CCC)CCC=NCCCCCCCCCC[Si](C/C=C/C)(CCC)CCC. The van der Waals surface area contributed by atoms with Crippen LogP contribution in [-0.2, 0) is 0 Å². The molecule has 0 heterocycles. The van der Waals surface area contributed by atoms with Crippen molar-refractivity contribution in [2.45, 2.75) is 173 Å². The number of unbranched alkanes of at least 4 members (excludes halogenated alkanes) is 7. The largest absolute Gasteiger partial charge is 0.298 e. The first-order valence-electron chi connectivity index (χ1n) is 16.3. The van der Waals surface area contributed by atoms with Crippen molar-refractivity contribution in [2.24, 2.45) is 4.99 Å². The Hall–Kier alpha value is -0.416. The van der Waals surface area contributed by atoms with Gasteiger partial charge in [-0.1, -0.05) is 159 Å². The van der Waals surface area contributed by atoms with Gasteiger partial charge in [-0.15, -0.1) is 0 Å². The van der Waals surface area contributed by atoms with Gasteiger partial charge in [-0.3, -0.25) is 4.99 Å². The summed E-state index contributed by atoms with van der Waals surface area (Å²) in [4.78, 5) is 4.79. The molecule has 0 aromatic carbocycles. The van der Waals surface area contributed by atoms with Gasteiger partial charge in [0.2, 0.25) is 0 Å². The van der Waals surface area contributed by atoms with Crippen LogP contribution < -0.4 is 0 Å². The van der Waals surface area contributed by atoms with Gasteiger partial charge in [0, 0.05) is 6.54 Å². The van der Waals surface area contributed by atoms with Gasteiger partial charge in [-0.25, -0.2) is 0 Å². The van der Waals surface area contributed by atoms with Gasteiger partial charge in [0.15, 0.2) is 0 Å². The summed E-state index contributed by atoms with van der Waals surface area (Å²) >= 11 is 0. The van der Waals surface area contributed by atoms with Crippen molar-refractivity contribution >= 4 is 22.4 Å². The van der Waals surface area contributed by atoms with Crippen LogP contribution in [0.1, 0.15) is 125 Å². The predicted molar refractivity (Wildman–Crippen MR) is 176 cm³/mol. The second-order valence-electron chi connectivity index (χ2n) is 11.8. The minimum Gasteiger partial charge on any atom is -0.298 e. The summed E-state index contributed by atoms with van der Waals surface area (Å²) in [6, 6.07) is 11.9. The second-order valence-corrected chi connectivity index (χ2v) is 21.6. The highest BCUT2D eigenvalue weighted by atomic mass is 28.3. The summed E-state index contributed by atoms with van der Waals surface area (Å²) in [5, 5.41) is 0. The molecular weight excluding hydrogens is 467 g/mol. The Balaban J connectivity index is 3.98. The first-order chi connectivity index (χ1) is 17.6. The van der Waals surface area contributed by atoms with Crippen LogP contribution >= 0.6 is 0 Å². The zero-order valence-electron chi connectivity index (χ0n) is 25.9. The fraction of sp³-hybridized carbons (Fsp3) is 0.848. The summed E-state index contributed by atoms with van der Waals surface area (Å²) in [7, 11) is -2.16. The normalized spacial score (nSPS) is 13.2. The lowest BCUT2D eigenvalue weighted by Gasteiger charge is -2.30. The molecule has 0 spiro atoms. The molecule has 0 fully saturated rings. The molecule has 0 N–H and O–H groups in total. The molecule has 0 radical (unpaired) electrons. The van der Waals surface area contributed by atoms with Gasteiger partial charge < -0.3 is 0 Å². The summed E-state index contributed by atoms with van der Waals surface area (Å²) < 4.78 is 0. The lowest BCUT2D eigenvalue weighted by Crippen LogP contribution is -2.32. The number of hydrogen-bond donors (Lipinski definition) is 0. The molecule has 0 atom stereocenters. The van der Waals surface area contributed by atoms with E-state index in [1.165, 1.54) is 114 Å². The maximum absolute atomic E-state index is 4.79. The highest BCUT2D eigenvalue weighted by Crippen LogP contribution is 2.32. The number of allylic oxidation sites excluding steroid dienone is 4. The fourth-order valence-electron chi connectivity index (χ4n) is 6.54. The van der Waals surface area contributed by atoms with E-state index in [4.69, 9.17) is 4.99 Å². The summed E-state index contributed by atoms with van der Waals surface area (Å²) in [6.45, 7) is 15.0. The molecule has 0 aliphatic rings. The zero-order valence-corrected chi connectivity index (χ0v) is 27.9. The second kappa shape index (κ2) is 24.9. The molecule has 0 saturated carbocycles. The molecule has 0 aliphatic carbocycles. The molecule has 0 rings (SSSR count). The molecule has 3 heteroatoms. The van der Waals surface area contributed by atoms with E-state index in [9.17, 15) is 0 Å². The van der Waals surface area contributed by atoms with Gasteiger partial charge in [-0.05, 0) is 45.0 Å². The highest BCUT2D eigenvalue weighted by molar-refractivity contribution is 6.80. The van der Waals surface area contributed by atoms with Crippen molar-refractivity contribution in [3.8, 4) is 0 Å². The molecular formula is C33H67NSi2. The quantitative estimate of drug-likeness (QED) is 0.0453. The van der Waals surface area contributed by atoms with Gasteiger partial charge in [0.25, 0.3) is 0 Å². The van der Waals surface area contributed by atoms with E-state index in [2.05, 4.69) is 72.1 Å². The van der Waals surface area contributed by atoms with E-state index in [-0.39, 0.29) is 0 Å². The van der Waals surface area contributed by atoms with E-state index in [0.717, 1.165) is 6.54 Å². The third-order valence-corrected chi connectivity index (χ3v) is 19.6. The van der Waals surface area contributed by atoms with Crippen molar-refractivity contribution in [1.82, 2.24) is 0 Å². The number of hydrogen-bond acceptors (Lipinski definition) is 1. The van der Waals surface area contributed by atoms with E-state index in [1.54, 1.807) is 18.1 Å². The summed E-state index contributed by atoms with van der Waals surface area (Å²) in [5.41, 5.74) is 0. The Morgan fingerprint density at radius 1 is 0.500 bits per heavy atom. The summed E-state index contributed by atoms with van der Waals surface area (Å²) in [6.07, 6.45) is 29.9. The van der Waals surface area contributed by atoms with Crippen LogP contribution in [0.25, 0.3) is 0 Å². The molecule has 0 bridgehead atoms. The van der Waals surface area contributed by atoms with Gasteiger partial charge in [0.1, 0.15) is 0 Å². The monoisotopic (exact) mass is 533 g/mol. The maximum Gasteiger partial charge on any atom is 0.0576 e. The van der Waals surface area contributed by atoms with E-state index < -0.39 is 16.1 Å². The van der Waals surface area contributed by atoms with E-state index >= 15 is 0 Å². The maximum atomic E-state index is 4.79. The van der Waals surface area contributed by atoms with Crippen LogP contribution in [0.5, 0.6) is 0 Å². The van der Waals surface area contributed by atoms with Crippen LogP contribution in [0.15, 0.2) is 29.3 Å². The molecule has 0 saturated heterocycles. The Morgan fingerprint density at radius 2 is 0.917 bits per heavy atom. The zero-order chi connectivity index (χ0) is 26.8. The fourth-order valence-corrected chi connectivity index (χ4v) is 16.7. The van der Waals surface area contributed by atoms with Crippen molar-refractivity contribution in [3.05, 3.63) is 24.3 Å². The first-order valence-corrected chi connectivity index (χ1v) is 21.9. The molecule has 212 valence electrons. The van der Waals surface area contributed by atoms with Crippen molar-refractivity contribution in [2.75, 3.05) is 6.54 Å². The van der Waals surface area contributed by atoms with Gasteiger partial charge in [-0.2, -0.15) is 0 Å². The van der Waals surface area contributed by atoms with Gasteiger partial charge >= 0.3 is 0 Å². The molecule has 0 aromatic heterocycles. The van der Waals surface area contributed by atoms with Crippen LogP contribution in [0.3, 0.4) is 0 Å². The average molecular weight is 534 g/mol. The highest BCUT2D eigenvalue weighted by Gasteiger charge is 2.29. The average Bonchev–Trinajstić information content (AvgIpc) is 2.87. The van der Waals surface area contributed by atoms with E-state index in [0.29, 0.717) is 0 Å². The standard InChI is InChI=1S/C33H67NSi2/c1-7-13-30-35(26-9-3,27-10-4)32-22-20-18-16-15-17-19-21-24-34-25-23-33-36(28-11-5,29-12-6)31-14-8-2/h7-8,13-14,25H,9-12,15-24,26-33H2,1-6H3/b13-7+,14-8+,34-25?. The third-order valence-electron chi connectivity index (χ3n) is 8.37. The molecule has 0 aliphatic heterocycles. The Bertz CT molecular complexity index is 540. The Morgan fingerprint density at radius 3 is 1.36 bits per heavy atom. The van der Waals surface area contributed by atoms with E-state index in [1.807, 2.05) is 0 Å². The van der Waals surface area contributed by atoms with Crippen molar-refractivity contribution in [3.63, 3.8) is 0 Å². The van der Waals surface area contributed by atoms with Gasteiger partial charge in [0.05, 0.1) is 16.1 Å². The predicted octanol–water partition coefficient (Wildman–Crippen LogP) is 12.3. The number of aliphatic imine (C=N–C) groups is 1. The Labute approximate surface area is 231 Å². The first kappa shape index (κ1) is 35.6. The molecule has 36 heavy (non-hydrogen) atoms. The minimum absolute atomic E-state index is 1.04. The van der Waals surface area contributed by atoms with Crippen molar-refractivity contribution < 1.29 is 0 Å². The molecule has 0 unspecified atom stereocenters. The lowest BCUT2D eigenvalue weighted by atomic mass is 10.1. The van der Waals surface area contributed by atoms with Crippen molar-refractivity contribution in [1.29, 1.82) is 0 Å². The molecule has 1 nitrogen and oxygen atoms in total. The molecule has 0 amide bonds. The summed E-state index contributed by atoms with van der Waals surface area (Å²) in [5.74, 6) is 0. The van der Waals surface area contributed by atoms with Crippen LogP contribution in [0, 0.1) is 0 Å². The topological polar surface area (TPSA) is 12.4 Å². The molecule has 0 aromatic rings.